The smallest absolute Gasteiger partial charge is 0.278 e. The predicted molar refractivity (Wildman–Crippen MR) is 84.7 cm³/mol. The fourth-order valence-corrected chi connectivity index (χ4v) is 3.00. The highest BCUT2D eigenvalue weighted by atomic mass is 16.5. The van der Waals surface area contributed by atoms with E-state index < -0.39 is 0 Å². The van der Waals surface area contributed by atoms with Crippen LogP contribution in [0.1, 0.15) is 19.3 Å². The zero-order valence-corrected chi connectivity index (χ0v) is 13.0. The van der Waals surface area contributed by atoms with Crippen LogP contribution >= 0.6 is 0 Å². The van der Waals surface area contributed by atoms with Gasteiger partial charge >= 0.3 is 0 Å². The van der Waals surface area contributed by atoms with Crippen molar-refractivity contribution < 1.29 is 9.47 Å². The Bertz CT molecular complexity index is 720. The first-order valence-corrected chi connectivity index (χ1v) is 7.58. The first-order chi connectivity index (χ1) is 10.7. The minimum atomic E-state index is -0.138. The normalized spacial score (nSPS) is 18.4. The van der Waals surface area contributed by atoms with Gasteiger partial charge < -0.3 is 14.8 Å². The van der Waals surface area contributed by atoms with Crippen molar-refractivity contribution in [2.24, 2.45) is 0 Å². The fourth-order valence-electron chi connectivity index (χ4n) is 3.00. The summed E-state index contributed by atoms with van der Waals surface area (Å²) in [5.74, 6) is 1.03. The zero-order valence-electron chi connectivity index (χ0n) is 13.0. The second-order valence-electron chi connectivity index (χ2n) is 5.54. The summed E-state index contributed by atoms with van der Waals surface area (Å²) in [4.78, 5) is 12.8. The lowest BCUT2D eigenvalue weighted by Crippen LogP contribution is -2.40. The van der Waals surface area contributed by atoms with Crippen molar-refractivity contribution in [1.82, 2.24) is 15.1 Å². The molecule has 1 aliphatic rings. The third-order valence-electron chi connectivity index (χ3n) is 4.17. The number of rotatable bonds is 4. The molecule has 6 nitrogen and oxygen atoms in total. The first kappa shape index (κ1) is 14.8. The molecule has 0 saturated carbocycles. The molecule has 0 aliphatic carbocycles. The number of hydrogen-bond donors (Lipinski definition) is 1. The van der Waals surface area contributed by atoms with E-state index in [9.17, 15) is 4.79 Å². The number of nitrogens with one attached hydrogen (secondary N) is 1. The fraction of sp³-hybridized carbons (Fsp3) is 0.500. The van der Waals surface area contributed by atoms with Crippen molar-refractivity contribution in [1.29, 1.82) is 0 Å². The zero-order chi connectivity index (χ0) is 15.5. The predicted octanol–water partition coefficient (Wildman–Crippen LogP) is 1.56. The van der Waals surface area contributed by atoms with Gasteiger partial charge in [0, 0.05) is 11.4 Å². The number of hydrogen-bond acceptors (Lipinski definition) is 5. The maximum atomic E-state index is 12.8. The third kappa shape index (κ3) is 2.66. The lowest BCUT2D eigenvalue weighted by molar-refractivity contribution is 0.344. The van der Waals surface area contributed by atoms with Crippen LogP contribution in [0.4, 0.5) is 0 Å². The highest BCUT2D eigenvalue weighted by Gasteiger charge is 2.18. The quantitative estimate of drug-likeness (QED) is 0.928. The highest BCUT2D eigenvalue weighted by molar-refractivity contribution is 5.89. The van der Waals surface area contributed by atoms with Crippen molar-refractivity contribution in [3.05, 3.63) is 28.7 Å². The third-order valence-corrected chi connectivity index (χ3v) is 4.17. The summed E-state index contributed by atoms with van der Waals surface area (Å²) >= 11 is 0. The van der Waals surface area contributed by atoms with Gasteiger partial charge in [0.2, 0.25) is 0 Å². The van der Waals surface area contributed by atoms with Gasteiger partial charge in [0.05, 0.1) is 32.3 Å². The topological polar surface area (TPSA) is 65.4 Å². The Balaban J connectivity index is 2.05. The summed E-state index contributed by atoms with van der Waals surface area (Å²) in [5.41, 5.74) is -0.138. The van der Waals surface area contributed by atoms with Crippen LogP contribution in [0.2, 0.25) is 0 Å². The molecule has 2 aromatic rings. The molecule has 6 heteroatoms. The van der Waals surface area contributed by atoms with Crippen molar-refractivity contribution >= 4 is 10.8 Å². The Hall–Kier alpha value is -2.08. The van der Waals surface area contributed by atoms with E-state index in [1.807, 2.05) is 6.07 Å². The number of ether oxygens (including phenoxy) is 2. The van der Waals surface area contributed by atoms with Crippen molar-refractivity contribution in [2.75, 3.05) is 20.8 Å². The molecule has 1 saturated heterocycles. The molecule has 0 amide bonds. The molecule has 1 N–H and O–H groups in total. The van der Waals surface area contributed by atoms with E-state index in [0.717, 1.165) is 18.4 Å². The second kappa shape index (κ2) is 6.36. The minimum Gasteiger partial charge on any atom is -0.493 e. The summed E-state index contributed by atoms with van der Waals surface area (Å²) in [5, 5.41) is 9.02. The maximum absolute atomic E-state index is 12.8. The molecule has 2 heterocycles. The van der Waals surface area contributed by atoms with Crippen LogP contribution < -0.4 is 20.3 Å². The van der Waals surface area contributed by atoms with E-state index in [4.69, 9.17) is 9.47 Å². The van der Waals surface area contributed by atoms with Crippen molar-refractivity contribution in [2.45, 2.75) is 31.8 Å². The van der Waals surface area contributed by atoms with E-state index in [1.165, 1.54) is 17.5 Å². The van der Waals surface area contributed by atoms with Gasteiger partial charge in [0.15, 0.2) is 11.5 Å². The summed E-state index contributed by atoms with van der Waals surface area (Å²) in [6.45, 7) is 1.58. The second-order valence-corrected chi connectivity index (χ2v) is 5.54. The van der Waals surface area contributed by atoms with E-state index in [-0.39, 0.29) is 5.56 Å². The molecule has 1 atom stereocenters. The van der Waals surface area contributed by atoms with Gasteiger partial charge in [-0.25, -0.2) is 4.68 Å². The standard InChI is InChI=1S/C16H21N3O3/c1-21-13-7-6-11-9-18-19(10-12-5-3-4-8-17-12)16(20)14(11)15(13)22-2/h6-7,9,12,17H,3-5,8,10H2,1-2H3/t12-/m1/s1. The van der Waals surface area contributed by atoms with Gasteiger partial charge in [-0.3, -0.25) is 4.79 Å². The van der Waals surface area contributed by atoms with Crippen LogP contribution in [-0.2, 0) is 6.54 Å². The molecule has 3 rings (SSSR count). The number of piperidine rings is 1. The number of benzene rings is 1. The molecule has 0 radical (unpaired) electrons. The van der Waals surface area contributed by atoms with Crippen LogP contribution in [0.25, 0.3) is 10.8 Å². The Morgan fingerprint density at radius 3 is 2.86 bits per heavy atom. The SMILES string of the molecule is COc1ccc2cnn(C[C@H]3CCCCN3)c(=O)c2c1OC. The van der Waals surface area contributed by atoms with Gasteiger partial charge in [0.1, 0.15) is 0 Å². The molecule has 0 bridgehead atoms. The van der Waals surface area contributed by atoms with Gasteiger partial charge in [-0.1, -0.05) is 6.42 Å². The molecule has 1 aromatic carbocycles. The van der Waals surface area contributed by atoms with Crippen LogP contribution in [0, 0.1) is 0 Å². The largest absolute Gasteiger partial charge is 0.493 e. The van der Waals surface area contributed by atoms with Gasteiger partial charge in [-0.05, 0) is 31.5 Å². The number of aromatic nitrogens is 2. The number of nitrogens with zero attached hydrogens (tertiary/aromatic N) is 2. The Kier molecular flexibility index (Phi) is 4.29. The number of methoxy groups -OCH3 is 2. The average Bonchev–Trinajstić information content (AvgIpc) is 2.57. The highest BCUT2D eigenvalue weighted by Crippen LogP contribution is 2.32. The van der Waals surface area contributed by atoms with E-state index in [1.54, 1.807) is 26.5 Å². The summed E-state index contributed by atoms with van der Waals surface area (Å²) in [6.07, 6.45) is 5.17. The average molecular weight is 303 g/mol. The van der Waals surface area contributed by atoms with E-state index in [2.05, 4.69) is 10.4 Å². The van der Waals surface area contributed by atoms with Gasteiger partial charge in [0.25, 0.3) is 5.56 Å². The lowest BCUT2D eigenvalue weighted by Gasteiger charge is -2.23. The van der Waals surface area contributed by atoms with Crippen LogP contribution in [-0.4, -0.2) is 36.6 Å². The number of fused-ring (bicyclic) bond motifs is 1. The van der Waals surface area contributed by atoms with Crippen molar-refractivity contribution in [3.8, 4) is 11.5 Å². The molecular formula is C16H21N3O3. The van der Waals surface area contributed by atoms with Crippen LogP contribution in [0.5, 0.6) is 11.5 Å². The monoisotopic (exact) mass is 303 g/mol. The molecule has 1 fully saturated rings. The molecule has 22 heavy (non-hydrogen) atoms. The molecule has 1 aliphatic heterocycles. The van der Waals surface area contributed by atoms with E-state index >= 15 is 0 Å². The molecule has 118 valence electrons. The van der Waals surface area contributed by atoms with Crippen molar-refractivity contribution in [3.63, 3.8) is 0 Å². The Morgan fingerprint density at radius 1 is 1.32 bits per heavy atom. The van der Waals surface area contributed by atoms with Crippen LogP contribution in [0.3, 0.4) is 0 Å². The first-order valence-electron chi connectivity index (χ1n) is 7.58. The lowest BCUT2D eigenvalue weighted by atomic mass is 10.1. The summed E-state index contributed by atoms with van der Waals surface area (Å²) < 4.78 is 12.2. The maximum Gasteiger partial charge on any atom is 0.278 e. The Labute approximate surface area is 129 Å². The Morgan fingerprint density at radius 2 is 2.18 bits per heavy atom. The molecular weight excluding hydrogens is 282 g/mol. The molecule has 1 aromatic heterocycles. The van der Waals surface area contributed by atoms with Gasteiger partial charge in [-0.2, -0.15) is 5.10 Å². The minimum absolute atomic E-state index is 0.138. The molecule has 0 spiro atoms. The van der Waals surface area contributed by atoms with Gasteiger partial charge in [-0.15, -0.1) is 0 Å². The summed E-state index contributed by atoms with van der Waals surface area (Å²) in [6, 6.07) is 3.91. The van der Waals surface area contributed by atoms with Crippen LogP contribution in [0.15, 0.2) is 23.1 Å². The molecule has 0 unspecified atom stereocenters. The van der Waals surface area contributed by atoms with E-state index in [0.29, 0.717) is 29.5 Å². The summed E-state index contributed by atoms with van der Waals surface area (Å²) in [7, 11) is 3.11.